The molecule has 16 heavy (non-hydrogen) atoms. The minimum Gasteiger partial charge on any atom is -0.396 e. The largest absolute Gasteiger partial charge is 0.396 e. The lowest BCUT2D eigenvalue weighted by atomic mass is 9.87. The van der Waals surface area contributed by atoms with Crippen LogP contribution in [0.25, 0.3) is 0 Å². The van der Waals surface area contributed by atoms with Crippen LogP contribution in [0.2, 0.25) is 0 Å². The number of halogens is 1. The highest BCUT2D eigenvalue weighted by Crippen LogP contribution is 2.19. The van der Waals surface area contributed by atoms with E-state index in [1.54, 1.807) is 0 Å². The fourth-order valence-corrected chi connectivity index (χ4v) is 2.35. The van der Waals surface area contributed by atoms with Gasteiger partial charge in [-0.1, -0.05) is 12.1 Å². The summed E-state index contributed by atoms with van der Waals surface area (Å²) in [6, 6.07) is 6.95. The van der Waals surface area contributed by atoms with Gasteiger partial charge in [0.25, 0.3) is 0 Å². The number of aliphatic hydroxyl groups excluding tert-OH is 1. The van der Waals surface area contributed by atoms with E-state index in [0.29, 0.717) is 12.0 Å². The van der Waals surface area contributed by atoms with Gasteiger partial charge in [0.1, 0.15) is 5.82 Å². The van der Waals surface area contributed by atoms with Gasteiger partial charge in [0.2, 0.25) is 0 Å². The molecule has 0 spiro atoms. The molecule has 2 unspecified atom stereocenters. The normalized spacial score (nSPS) is 25.6. The molecule has 0 saturated carbocycles. The zero-order valence-corrected chi connectivity index (χ0v) is 9.32. The summed E-state index contributed by atoms with van der Waals surface area (Å²) in [6.07, 6.45) is 3.08. The van der Waals surface area contributed by atoms with Crippen LogP contribution >= 0.6 is 0 Å². The molecule has 1 aromatic rings. The van der Waals surface area contributed by atoms with Crippen molar-refractivity contribution >= 4 is 0 Å². The van der Waals surface area contributed by atoms with Crippen LogP contribution in [0.5, 0.6) is 0 Å². The van der Waals surface area contributed by atoms with Gasteiger partial charge >= 0.3 is 0 Å². The van der Waals surface area contributed by atoms with Gasteiger partial charge in [0.05, 0.1) is 0 Å². The van der Waals surface area contributed by atoms with Gasteiger partial charge in [-0.2, -0.15) is 0 Å². The Balaban J connectivity index is 1.99. The smallest absolute Gasteiger partial charge is 0.123 e. The third-order valence-corrected chi connectivity index (χ3v) is 3.33. The molecule has 0 aliphatic carbocycles. The van der Waals surface area contributed by atoms with Crippen LogP contribution in [0.3, 0.4) is 0 Å². The van der Waals surface area contributed by atoms with Gasteiger partial charge in [0, 0.05) is 12.6 Å². The molecule has 0 bridgehead atoms. The van der Waals surface area contributed by atoms with E-state index in [2.05, 4.69) is 5.32 Å². The number of hydrogen-bond donors (Lipinski definition) is 2. The summed E-state index contributed by atoms with van der Waals surface area (Å²) in [5, 5.41) is 12.7. The molecule has 88 valence electrons. The lowest BCUT2D eigenvalue weighted by molar-refractivity contribution is 0.159. The highest BCUT2D eigenvalue weighted by atomic mass is 19.1. The van der Waals surface area contributed by atoms with Crippen molar-refractivity contribution in [2.24, 2.45) is 5.92 Å². The Bertz CT molecular complexity index is 325. The first-order valence-corrected chi connectivity index (χ1v) is 5.88. The van der Waals surface area contributed by atoms with Crippen molar-refractivity contribution < 1.29 is 9.50 Å². The Labute approximate surface area is 95.5 Å². The van der Waals surface area contributed by atoms with Crippen LogP contribution in [0.1, 0.15) is 18.4 Å². The van der Waals surface area contributed by atoms with E-state index >= 15 is 0 Å². The number of piperidine rings is 1. The van der Waals surface area contributed by atoms with Crippen molar-refractivity contribution in [1.82, 2.24) is 5.32 Å². The molecule has 0 radical (unpaired) electrons. The van der Waals surface area contributed by atoms with Crippen molar-refractivity contribution in [2.45, 2.75) is 25.3 Å². The number of nitrogens with one attached hydrogen (secondary N) is 1. The van der Waals surface area contributed by atoms with Crippen LogP contribution < -0.4 is 5.32 Å². The highest BCUT2D eigenvalue weighted by Gasteiger charge is 2.23. The third-order valence-electron chi connectivity index (χ3n) is 3.33. The van der Waals surface area contributed by atoms with Gasteiger partial charge in [-0.25, -0.2) is 4.39 Å². The summed E-state index contributed by atoms with van der Waals surface area (Å²) in [5.41, 5.74) is 1.12. The van der Waals surface area contributed by atoms with E-state index in [1.807, 2.05) is 12.1 Å². The molecule has 2 nitrogen and oxygen atoms in total. The van der Waals surface area contributed by atoms with E-state index < -0.39 is 0 Å². The maximum atomic E-state index is 12.8. The fourth-order valence-electron chi connectivity index (χ4n) is 2.35. The van der Waals surface area contributed by atoms with Crippen molar-refractivity contribution in [3.63, 3.8) is 0 Å². The van der Waals surface area contributed by atoms with Crippen LogP contribution in [-0.4, -0.2) is 24.3 Å². The van der Waals surface area contributed by atoms with Crippen LogP contribution in [-0.2, 0) is 6.42 Å². The van der Waals surface area contributed by atoms with Crippen molar-refractivity contribution in [1.29, 1.82) is 0 Å². The van der Waals surface area contributed by atoms with Gasteiger partial charge < -0.3 is 10.4 Å². The third kappa shape index (κ3) is 2.80. The number of rotatable bonds is 3. The van der Waals surface area contributed by atoms with Crippen LogP contribution in [0.15, 0.2) is 24.3 Å². The molecule has 1 aromatic carbocycles. The maximum absolute atomic E-state index is 12.8. The first-order valence-electron chi connectivity index (χ1n) is 5.88. The zero-order chi connectivity index (χ0) is 11.4. The Morgan fingerprint density at radius 1 is 1.31 bits per heavy atom. The van der Waals surface area contributed by atoms with Gasteiger partial charge in [-0.15, -0.1) is 0 Å². The minimum atomic E-state index is -0.195. The van der Waals surface area contributed by atoms with Gasteiger partial charge in [-0.05, 0) is 49.4 Å². The van der Waals surface area contributed by atoms with E-state index in [9.17, 15) is 9.50 Å². The number of hydrogen-bond acceptors (Lipinski definition) is 2. The summed E-state index contributed by atoms with van der Waals surface area (Å²) in [5.74, 6) is 0.137. The second-order valence-electron chi connectivity index (χ2n) is 4.48. The van der Waals surface area contributed by atoms with Crippen LogP contribution in [0.4, 0.5) is 4.39 Å². The zero-order valence-electron chi connectivity index (χ0n) is 9.32. The van der Waals surface area contributed by atoms with E-state index in [1.165, 1.54) is 12.1 Å². The summed E-state index contributed by atoms with van der Waals surface area (Å²) in [7, 11) is 0. The Morgan fingerprint density at radius 2 is 2.06 bits per heavy atom. The highest BCUT2D eigenvalue weighted by molar-refractivity contribution is 5.17. The lowest BCUT2D eigenvalue weighted by Crippen LogP contribution is -2.44. The molecule has 1 fully saturated rings. The second-order valence-corrected chi connectivity index (χ2v) is 4.48. The lowest BCUT2D eigenvalue weighted by Gasteiger charge is -2.31. The molecule has 3 heteroatoms. The standard InChI is InChI=1S/C13H18FNO/c14-12-5-3-10(4-6-12)8-13-11(9-16)2-1-7-15-13/h3-6,11,13,15-16H,1-2,7-9H2. The average molecular weight is 223 g/mol. The van der Waals surface area contributed by atoms with Crippen molar-refractivity contribution in [3.05, 3.63) is 35.6 Å². The minimum absolute atomic E-state index is 0.195. The van der Waals surface area contributed by atoms with E-state index in [0.717, 1.165) is 31.4 Å². The topological polar surface area (TPSA) is 32.3 Å². The predicted molar refractivity (Wildman–Crippen MR) is 61.7 cm³/mol. The van der Waals surface area contributed by atoms with Gasteiger partial charge in [0.15, 0.2) is 0 Å². The molecule has 2 rings (SSSR count). The molecule has 2 N–H and O–H groups in total. The predicted octanol–water partition coefficient (Wildman–Crippen LogP) is 1.73. The van der Waals surface area contributed by atoms with Crippen molar-refractivity contribution in [2.75, 3.05) is 13.2 Å². The summed E-state index contributed by atoms with van der Waals surface area (Å²) in [6.45, 7) is 1.25. The first kappa shape index (κ1) is 11.6. The van der Waals surface area contributed by atoms with Crippen molar-refractivity contribution in [3.8, 4) is 0 Å². The fraction of sp³-hybridized carbons (Fsp3) is 0.538. The Hall–Kier alpha value is -0.930. The first-order chi connectivity index (χ1) is 7.79. The van der Waals surface area contributed by atoms with Crippen LogP contribution in [0, 0.1) is 11.7 Å². The molecule has 0 aromatic heterocycles. The maximum Gasteiger partial charge on any atom is 0.123 e. The molecule has 1 aliphatic heterocycles. The number of benzene rings is 1. The average Bonchev–Trinajstić information content (AvgIpc) is 2.33. The number of aliphatic hydroxyl groups is 1. The molecular formula is C13H18FNO. The summed E-state index contributed by atoms with van der Waals surface area (Å²) in [4.78, 5) is 0. The molecule has 2 atom stereocenters. The molecule has 1 saturated heterocycles. The quantitative estimate of drug-likeness (QED) is 0.818. The summed E-state index contributed by atoms with van der Waals surface area (Å²) >= 11 is 0. The molecular weight excluding hydrogens is 205 g/mol. The molecule has 0 amide bonds. The summed E-state index contributed by atoms with van der Waals surface area (Å²) < 4.78 is 12.8. The molecule has 1 aliphatic rings. The SMILES string of the molecule is OCC1CCCNC1Cc1ccc(F)cc1. The Kier molecular flexibility index (Phi) is 3.91. The second kappa shape index (κ2) is 5.41. The van der Waals surface area contributed by atoms with E-state index in [-0.39, 0.29) is 12.4 Å². The van der Waals surface area contributed by atoms with E-state index in [4.69, 9.17) is 0 Å². The Morgan fingerprint density at radius 3 is 2.75 bits per heavy atom. The monoisotopic (exact) mass is 223 g/mol. The molecule has 1 heterocycles. The van der Waals surface area contributed by atoms with Gasteiger partial charge in [-0.3, -0.25) is 0 Å².